The summed E-state index contributed by atoms with van der Waals surface area (Å²) in [6.45, 7) is 6.41. The first-order valence-corrected chi connectivity index (χ1v) is 28.4. The van der Waals surface area contributed by atoms with Crippen LogP contribution in [-0.4, -0.2) is 37.2 Å². The van der Waals surface area contributed by atoms with Gasteiger partial charge in [0.2, 0.25) is 0 Å². The molecule has 0 aliphatic heterocycles. The second-order valence-electron chi connectivity index (χ2n) is 18.5. The molecule has 0 aliphatic rings. The fourth-order valence-electron chi connectivity index (χ4n) is 7.48. The second-order valence-corrected chi connectivity index (χ2v) is 18.5. The third kappa shape index (κ3) is 54.9. The van der Waals surface area contributed by atoms with Crippen LogP contribution in [0.15, 0.2) is 109 Å². The van der Waals surface area contributed by atoms with E-state index in [2.05, 4.69) is 130 Å². The van der Waals surface area contributed by atoms with Gasteiger partial charge in [-0.15, -0.1) is 0 Å². The number of carbonyl (C=O) groups is 3. The number of unbranched alkanes of at least 4 members (excludes halogenated alkanes) is 21. The molecule has 0 unspecified atom stereocenters. The number of ether oxygens (including phenoxy) is 3. The first kappa shape index (κ1) is 65.1. The van der Waals surface area contributed by atoms with Crippen LogP contribution in [0.3, 0.4) is 0 Å². The summed E-state index contributed by atoms with van der Waals surface area (Å²) in [5.74, 6) is -1.01. The Labute approximate surface area is 425 Å². The highest BCUT2D eigenvalue weighted by atomic mass is 16.6. The normalized spacial score (nSPS) is 12.9. The SMILES string of the molecule is CC/C=C\C/C=C\C/C=C\C/C=C\CCCCC(=O)OC[C@H](COC(=O)CCC/C=C\C/C=C\C/C=C\CCCCCCCC)OC(=O)CCCCCCCCCCC/C=C\C/C=C\CCCCC. The highest BCUT2D eigenvalue weighted by molar-refractivity contribution is 5.71. The van der Waals surface area contributed by atoms with Crippen molar-refractivity contribution in [1.29, 1.82) is 0 Å². The summed E-state index contributed by atoms with van der Waals surface area (Å²) in [7, 11) is 0. The molecule has 0 heterocycles. The highest BCUT2D eigenvalue weighted by Crippen LogP contribution is 2.14. The molecule has 0 saturated heterocycles. The molecule has 69 heavy (non-hydrogen) atoms. The average molecular weight is 958 g/mol. The minimum absolute atomic E-state index is 0.118. The van der Waals surface area contributed by atoms with Crippen molar-refractivity contribution in [2.24, 2.45) is 0 Å². The fourth-order valence-corrected chi connectivity index (χ4v) is 7.48. The topological polar surface area (TPSA) is 78.9 Å². The lowest BCUT2D eigenvalue weighted by Crippen LogP contribution is -2.30. The molecule has 0 spiro atoms. The van der Waals surface area contributed by atoms with E-state index in [1.807, 2.05) is 0 Å². The molecule has 0 aromatic heterocycles. The predicted molar refractivity (Wildman–Crippen MR) is 297 cm³/mol. The summed E-state index contributed by atoms with van der Waals surface area (Å²) in [5, 5.41) is 0. The maximum absolute atomic E-state index is 12.9. The highest BCUT2D eigenvalue weighted by Gasteiger charge is 2.19. The molecule has 0 radical (unpaired) electrons. The molecule has 0 aromatic rings. The van der Waals surface area contributed by atoms with Crippen LogP contribution in [0.25, 0.3) is 0 Å². The average Bonchev–Trinajstić information content (AvgIpc) is 3.35. The summed E-state index contributed by atoms with van der Waals surface area (Å²) in [4.78, 5) is 38.1. The zero-order valence-corrected chi connectivity index (χ0v) is 44.8. The van der Waals surface area contributed by atoms with Crippen LogP contribution in [0, 0.1) is 0 Å². The Morgan fingerprint density at radius 3 is 1.00 bits per heavy atom. The second kappa shape index (κ2) is 56.7. The first-order chi connectivity index (χ1) is 34.0. The molecule has 1 atom stereocenters. The van der Waals surface area contributed by atoms with E-state index in [-0.39, 0.29) is 37.5 Å². The van der Waals surface area contributed by atoms with Gasteiger partial charge >= 0.3 is 17.9 Å². The molecule has 0 fully saturated rings. The number of allylic oxidation sites excluding steroid dienone is 18. The lowest BCUT2D eigenvalue weighted by molar-refractivity contribution is -0.167. The Hall–Kier alpha value is -3.93. The van der Waals surface area contributed by atoms with Gasteiger partial charge in [-0.1, -0.05) is 220 Å². The molecule has 6 nitrogen and oxygen atoms in total. The summed E-state index contributed by atoms with van der Waals surface area (Å²) < 4.78 is 16.8. The Kier molecular flexibility index (Phi) is 53.4. The van der Waals surface area contributed by atoms with Gasteiger partial charge in [-0.25, -0.2) is 0 Å². The Bertz CT molecular complexity index is 1420. The minimum atomic E-state index is -0.820. The maximum atomic E-state index is 12.9. The van der Waals surface area contributed by atoms with Crippen LogP contribution in [0.2, 0.25) is 0 Å². The minimum Gasteiger partial charge on any atom is -0.462 e. The van der Waals surface area contributed by atoms with Crippen LogP contribution in [0.5, 0.6) is 0 Å². The van der Waals surface area contributed by atoms with Crippen LogP contribution in [0.1, 0.15) is 252 Å². The van der Waals surface area contributed by atoms with Crippen molar-refractivity contribution in [2.75, 3.05) is 13.2 Å². The van der Waals surface area contributed by atoms with Gasteiger partial charge in [0.1, 0.15) is 13.2 Å². The van der Waals surface area contributed by atoms with Gasteiger partial charge in [0.15, 0.2) is 6.10 Å². The van der Waals surface area contributed by atoms with E-state index in [1.165, 1.54) is 116 Å². The number of rotatable bonds is 50. The predicted octanol–water partition coefficient (Wildman–Crippen LogP) is 19.1. The van der Waals surface area contributed by atoms with Crippen molar-refractivity contribution in [3.63, 3.8) is 0 Å². The standard InChI is InChI=1S/C63H104O6/c1-4-7-10-13-16-19-22-25-28-30-31-33-36-39-42-45-48-51-54-57-63(66)69-60(58-67-61(64)55-52-49-46-43-40-37-34-27-24-21-18-15-12-9-6-3)59-68-62(65)56-53-50-47-44-41-38-35-32-29-26-23-20-17-14-11-8-5-2/h9,12,16,18-19,21,25-29,34-35,38,40,43-44,47,60H,4-8,10-11,13-15,17,20,22-24,30-33,36-37,39,41-42,45-46,48-59H2,1-3H3/b12-9-,19-16-,21-18-,28-25-,29-26-,34-27-,38-35-,43-40-,47-44-/t60-/m1/s1. The van der Waals surface area contributed by atoms with Gasteiger partial charge in [-0.3, -0.25) is 14.4 Å². The van der Waals surface area contributed by atoms with E-state index in [0.29, 0.717) is 25.7 Å². The molecule has 0 amide bonds. The molecule has 0 rings (SSSR count). The quantitative estimate of drug-likeness (QED) is 0.0262. The molecule has 0 saturated carbocycles. The van der Waals surface area contributed by atoms with Crippen molar-refractivity contribution in [3.05, 3.63) is 109 Å². The van der Waals surface area contributed by atoms with Crippen molar-refractivity contribution in [2.45, 2.75) is 258 Å². The molecule has 392 valence electrons. The van der Waals surface area contributed by atoms with E-state index in [4.69, 9.17) is 14.2 Å². The van der Waals surface area contributed by atoms with Crippen molar-refractivity contribution < 1.29 is 28.6 Å². The first-order valence-electron chi connectivity index (χ1n) is 28.4. The van der Waals surface area contributed by atoms with E-state index in [1.54, 1.807) is 0 Å². The lowest BCUT2D eigenvalue weighted by atomic mass is 10.1. The Balaban J connectivity index is 4.52. The smallest absolute Gasteiger partial charge is 0.306 e. The van der Waals surface area contributed by atoms with Crippen LogP contribution in [-0.2, 0) is 28.6 Å². The number of hydrogen-bond acceptors (Lipinski definition) is 6. The van der Waals surface area contributed by atoms with E-state index in [9.17, 15) is 14.4 Å². The van der Waals surface area contributed by atoms with E-state index >= 15 is 0 Å². The van der Waals surface area contributed by atoms with Gasteiger partial charge < -0.3 is 14.2 Å². The molecule has 6 heteroatoms. The monoisotopic (exact) mass is 957 g/mol. The number of carbonyl (C=O) groups excluding carboxylic acids is 3. The van der Waals surface area contributed by atoms with Gasteiger partial charge in [-0.2, -0.15) is 0 Å². The fraction of sp³-hybridized carbons (Fsp3) is 0.667. The summed E-state index contributed by atoms with van der Waals surface area (Å²) in [6, 6.07) is 0. The summed E-state index contributed by atoms with van der Waals surface area (Å²) >= 11 is 0. The third-order valence-corrected chi connectivity index (χ3v) is 11.7. The Morgan fingerprint density at radius 2 is 0.580 bits per heavy atom. The molecule has 0 aliphatic carbocycles. The van der Waals surface area contributed by atoms with Crippen LogP contribution < -0.4 is 0 Å². The van der Waals surface area contributed by atoms with Crippen molar-refractivity contribution in [3.8, 4) is 0 Å². The van der Waals surface area contributed by atoms with E-state index in [0.717, 1.165) is 83.5 Å². The molecular weight excluding hydrogens is 853 g/mol. The van der Waals surface area contributed by atoms with Crippen molar-refractivity contribution >= 4 is 17.9 Å². The molecule has 0 N–H and O–H groups in total. The summed E-state index contributed by atoms with van der Waals surface area (Å²) in [6.07, 6.45) is 76.6. The molecule has 0 aromatic carbocycles. The van der Waals surface area contributed by atoms with Gasteiger partial charge in [0.05, 0.1) is 0 Å². The molecular formula is C63H104O6. The zero-order valence-electron chi connectivity index (χ0n) is 44.8. The maximum Gasteiger partial charge on any atom is 0.306 e. The van der Waals surface area contributed by atoms with Crippen molar-refractivity contribution in [1.82, 2.24) is 0 Å². The summed E-state index contributed by atoms with van der Waals surface area (Å²) in [5.41, 5.74) is 0. The number of hydrogen-bond donors (Lipinski definition) is 0. The Morgan fingerprint density at radius 1 is 0.304 bits per heavy atom. The zero-order chi connectivity index (χ0) is 50.0. The largest absolute Gasteiger partial charge is 0.462 e. The van der Waals surface area contributed by atoms with Crippen LogP contribution >= 0.6 is 0 Å². The van der Waals surface area contributed by atoms with Gasteiger partial charge in [0, 0.05) is 19.3 Å². The van der Waals surface area contributed by atoms with Crippen LogP contribution in [0.4, 0.5) is 0 Å². The van der Waals surface area contributed by atoms with E-state index < -0.39 is 6.10 Å². The van der Waals surface area contributed by atoms with Gasteiger partial charge in [0.25, 0.3) is 0 Å². The van der Waals surface area contributed by atoms with Gasteiger partial charge in [-0.05, 0) is 122 Å². The number of esters is 3. The third-order valence-electron chi connectivity index (χ3n) is 11.7. The molecule has 0 bridgehead atoms. The lowest BCUT2D eigenvalue weighted by Gasteiger charge is -2.18.